The van der Waals surface area contributed by atoms with E-state index in [9.17, 15) is 9.50 Å². The molecule has 19 heavy (non-hydrogen) atoms. The van der Waals surface area contributed by atoms with Crippen molar-refractivity contribution in [3.05, 3.63) is 29.6 Å². The number of fused-ring (bicyclic) bond motifs is 4. The first-order valence-electron chi connectivity index (χ1n) is 7.05. The van der Waals surface area contributed by atoms with Crippen LogP contribution in [0.5, 0.6) is 5.75 Å². The Morgan fingerprint density at radius 3 is 3.16 bits per heavy atom. The molecule has 4 rings (SSSR count). The first-order valence-corrected chi connectivity index (χ1v) is 7.05. The molecule has 1 N–H and O–H groups in total. The molecule has 0 saturated carbocycles. The van der Waals surface area contributed by atoms with E-state index in [-0.39, 0.29) is 11.4 Å². The second kappa shape index (κ2) is 3.93. The summed E-state index contributed by atoms with van der Waals surface area (Å²) >= 11 is 0. The lowest BCUT2D eigenvalue weighted by molar-refractivity contribution is -0.0737. The van der Waals surface area contributed by atoms with Crippen molar-refractivity contribution in [3.8, 4) is 5.75 Å². The summed E-state index contributed by atoms with van der Waals surface area (Å²) in [6.07, 6.45) is 2.10. The fourth-order valence-electron chi connectivity index (χ4n) is 3.99. The van der Waals surface area contributed by atoms with Gasteiger partial charge in [-0.2, -0.15) is 0 Å². The van der Waals surface area contributed by atoms with Gasteiger partial charge < -0.3 is 14.7 Å². The molecule has 2 bridgehead atoms. The minimum atomic E-state index is -0.605. The minimum absolute atomic E-state index is 0.239. The summed E-state index contributed by atoms with van der Waals surface area (Å²) in [5.74, 6) is 0.850. The van der Waals surface area contributed by atoms with Crippen LogP contribution in [0.2, 0.25) is 0 Å². The monoisotopic (exact) mass is 263 g/mol. The van der Waals surface area contributed by atoms with Gasteiger partial charge in [-0.05, 0) is 31.2 Å². The summed E-state index contributed by atoms with van der Waals surface area (Å²) in [6.45, 7) is 3.26. The molecule has 2 fully saturated rings. The zero-order chi connectivity index (χ0) is 13.0. The third kappa shape index (κ3) is 1.70. The lowest BCUT2D eigenvalue weighted by Crippen LogP contribution is -2.53. The zero-order valence-corrected chi connectivity index (χ0v) is 10.8. The summed E-state index contributed by atoms with van der Waals surface area (Å²) < 4.78 is 19.5. The first kappa shape index (κ1) is 11.7. The molecule has 4 atom stereocenters. The molecular formula is C15H18FNO2. The Morgan fingerprint density at radius 2 is 2.26 bits per heavy atom. The molecule has 2 saturated heterocycles. The van der Waals surface area contributed by atoms with Crippen LogP contribution in [0.15, 0.2) is 18.2 Å². The third-order valence-electron chi connectivity index (χ3n) is 5.05. The predicted octanol–water partition coefficient (Wildman–Crippen LogP) is 2.11. The third-order valence-corrected chi connectivity index (χ3v) is 5.05. The summed E-state index contributed by atoms with van der Waals surface area (Å²) in [5, 5.41) is 10.4. The molecule has 102 valence electrons. The van der Waals surface area contributed by atoms with Gasteiger partial charge in [0.2, 0.25) is 0 Å². The SMILES string of the molecule is O[C@@H]1CC2(CCN3CCC2C3)Oc2ccc(F)cc21. The number of aliphatic hydroxyl groups excluding tert-OH is 1. The molecule has 0 amide bonds. The number of benzene rings is 1. The Balaban J connectivity index is 1.72. The second-order valence-corrected chi connectivity index (χ2v) is 6.11. The molecule has 4 heteroatoms. The number of aliphatic hydroxyl groups is 1. The van der Waals surface area contributed by atoms with Gasteiger partial charge in [-0.3, -0.25) is 0 Å². The molecule has 0 aromatic heterocycles. The van der Waals surface area contributed by atoms with Crippen LogP contribution >= 0.6 is 0 Å². The average Bonchev–Trinajstić information content (AvgIpc) is 2.81. The standard InChI is InChI=1S/C15H18FNO2/c16-11-1-2-14-12(7-11)13(18)8-15(19-14)4-6-17-5-3-10(15)9-17/h1-2,7,10,13,18H,3-6,8-9H2/t10?,13-,15?/m1/s1. The predicted molar refractivity (Wildman–Crippen MR) is 68.5 cm³/mol. The van der Waals surface area contributed by atoms with Gasteiger partial charge in [0.05, 0.1) is 6.10 Å². The quantitative estimate of drug-likeness (QED) is 0.778. The van der Waals surface area contributed by atoms with Gasteiger partial charge in [-0.1, -0.05) is 0 Å². The maximum absolute atomic E-state index is 13.3. The first-order chi connectivity index (χ1) is 9.16. The van der Waals surface area contributed by atoms with E-state index in [0.717, 1.165) is 32.5 Å². The summed E-state index contributed by atoms with van der Waals surface area (Å²) in [6, 6.07) is 4.47. The van der Waals surface area contributed by atoms with Gasteiger partial charge in [0.15, 0.2) is 0 Å². The second-order valence-electron chi connectivity index (χ2n) is 6.11. The van der Waals surface area contributed by atoms with Gasteiger partial charge in [-0.15, -0.1) is 0 Å². The number of hydrogen-bond donors (Lipinski definition) is 1. The molecule has 3 nitrogen and oxygen atoms in total. The largest absolute Gasteiger partial charge is 0.486 e. The van der Waals surface area contributed by atoms with E-state index in [1.54, 1.807) is 6.07 Å². The van der Waals surface area contributed by atoms with Crippen LogP contribution in [0.1, 0.15) is 30.9 Å². The Labute approximate surface area is 112 Å². The van der Waals surface area contributed by atoms with E-state index in [0.29, 0.717) is 23.7 Å². The Kier molecular flexibility index (Phi) is 2.42. The maximum Gasteiger partial charge on any atom is 0.126 e. The highest BCUT2D eigenvalue weighted by Gasteiger charge is 2.51. The number of rotatable bonds is 0. The Hall–Kier alpha value is -1.13. The highest BCUT2D eigenvalue weighted by molar-refractivity contribution is 5.39. The summed E-state index contributed by atoms with van der Waals surface area (Å²) in [5.41, 5.74) is 0.364. The van der Waals surface area contributed by atoms with Gasteiger partial charge in [-0.25, -0.2) is 4.39 Å². The highest BCUT2D eigenvalue weighted by atomic mass is 19.1. The zero-order valence-electron chi connectivity index (χ0n) is 10.8. The number of ether oxygens (including phenoxy) is 1. The van der Waals surface area contributed by atoms with E-state index in [1.807, 2.05) is 0 Å². The summed E-state index contributed by atoms with van der Waals surface area (Å²) in [7, 11) is 0. The van der Waals surface area contributed by atoms with Crippen LogP contribution in [-0.4, -0.2) is 35.2 Å². The van der Waals surface area contributed by atoms with Gasteiger partial charge in [0.25, 0.3) is 0 Å². The van der Waals surface area contributed by atoms with Gasteiger partial charge >= 0.3 is 0 Å². The molecule has 1 spiro atoms. The van der Waals surface area contributed by atoms with Crippen molar-refractivity contribution in [2.24, 2.45) is 5.92 Å². The average molecular weight is 263 g/mol. The normalized spacial score (nSPS) is 40.0. The van der Waals surface area contributed by atoms with Crippen molar-refractivity contribution in [2.75, 3.05) is 19.6 Å². The van der Waals surface area contributed by atoms with Crippen LogP contribution in [0.25, 0.3) is 0 Å². The molecule has 1 aromatic rings. The topological polar surface area (TPSA) is 32.7 Å². The lowest BCUT2D eigenvalue weighted by Gasteiger charge is -2.47. The van der Waals surface area contributed by atoms with E-state index < -0.39 is 6.10 Å². The van der Waals surface area contributed by atoms with Gasteiger partial charge in [0.1, 0.15) is 17.2 Å². The highest BCUT2D eigenvalue weighted by Crippen LogP contribution is 2.49. The lowest BCUT2D eigenvalue weighted by atomic mass is 9.75. The molecular weight excluding hydrogens is 245 g/mol. The van der Waals surface area contributed by atoms with Crippen LogP contribution < -0.4 is 4.74 Å². The molecule has 3 unspecified atom stereocenters. The van der Waals surface area contributed by atoms with Crippen LogP contribution in [0, 0.1) is 11.7 Å². The van der Waals surface area contributed by atoms with Crippen molar-refractivity contribution in [2.45, 2.75) is 31.0 Å². The van der Waals surface area contributed by atoms with E-state index in [4.69, 9.17) is 4.74 Å². The molecule has 3 heterocycles. The van der Waals surface area contributed by atoms with Crippen molar-refractivity contribution < 1.29 is 14.2 Å². The fourth-order valence-corrected chi connectivity index (χ4v) is 3.99. The number of nitrogens with zero attached hydrogens (tertiary/aromatic N) is 1. The molecule has 3 aliphatic rings. The van der Waals surface area contributed by atoms with Crippen LogP contribution in [0.4, 0.5) is 4.39 Å². The van der Waals surface area contributed by atoms with E-state index in [2.05, 4.69) is 4.90 Å². The van der Waals surface area contributed by atoms with Crippen molar-refractivity contribution in [1.29, 1.82) is 0 Å². The Bertz CT molecular complexity index is 521. The van der Waals surface area contributed by atoms with Crippen LogP contribution in [0.3, 0.4) is 0 Å². The van der Waals surface area contributed by atoms with E-state index >= 15 is 0 Å². The number of halogens is 1. The summed E-state index contributed by atoms with van der Waals surface area (Å²) in [4.78, 5) is 2.46. The molecule has 1 aromatic carbocycles. The Morgan fingerprint density at radius 1 is 1.37 bits per heavy atom. The van der Waals surface area contributed by atoms with Crippen molar-refractivity contribution in [3.63, 3.8) is 0 Å². The minimum Gasteiger partial charge on any atom is -0.486 e. The smallest absolute Gasteiger partial charge is 0.126 e. The van der Waals surface area contributed by atoms with Gasteiger partial charge in [0, 0.05) is 37.4 Å². The van der Waals surface area contributed by atoms with Crippen molar-refractivity contribution >= 4 is 0 Å². The fraction of sp³-hybridized carbons (Fsp3) is 0.600. The van der Waals surface area contributed by atoms with E-state index in [1.165, 1.54) is 12.1 Å². The number of hydrogen-bond acceptors (Lipinski definition) is 3. The maximum atomic E-state index is 13.3. The van der Waals surface area contributed by atoms with Crippen molar-refractivity contribution in [1.82, 2.24) is 4.90 Å². The van der Waals surface area contributed by atoms with Crippen LogP contribution in [-0.2, 0) is 0 Å². The molecule has 0 radical (unpaired) electrons. The molecule has 3 aliphatic heterocycles. The molecule has 0 aliphatic carbocycles. The number of piperidine rings is 1.